The molecule has 1 aromatic rings. The number of likely N-dealkylation sites (N-methyl/N-ethyl adjacent to an activating group) is 1. The van der Waals surface area contributed by atoms with Crippen LogP contribution in [0.5, 0.6) is 0 Å². The summed E-state index contributed by atoms with van der Waals surface area (Å²) in [5.41, 5.74) is 1.28. The predicted octanol–water partition coefficient (Wildman–Crippen LogP) is 5.45. The van der Waals surface area contributed by atoms with Crippen molar-refractivity contribution in [1.29, 1.82) is 0 Å². The van der Waals surface area contributed by atoms with Crippen LogP contribution in [0, 0.1) is 0 Å². The first-order valence-corrected chi connectivity index (χ1v) is 9.79. The van der Waals surface area contributed by atoms with Gasteiger partial charge in [-0.1, -0.05) is 42.1 Å². The molecule has 5 heteroatoms. The lowest BCUT2D eigenvalue weighted by Crippen LogP contribution is -2.51. The van der Waals surface area contributed by atoms with Gasteiger partial charge in [0.2, 0.25) is 0 Å². The van der Waals surface area contributed by atoms with Gasteiger partial charge in [-0.2, -0.15) is 0 Å². The Bertz CT molecular complexity index is 520. The topological polar surface area (TPSA) is 6.48 Å². The molecule has 2 unspecified atom stereocenters. The lowest BCUT2D eigenvalue weighted by Gasteiger charge is -2.42. The van der Waals surface area contributed by atoms with Crippen molar-refractivity contribution in [3.8, 4) is 0 Å². The molecule has 2 atom stereocenters. The summed E-state index contributed by atoms with van der Waals surface area (Å²) in [6.07, 6.45) is 9.31. The average Bonchev–Trinajstić information content (AvgIpc) is 3.10. The van der Waals surface area contributed by atoms with Crippen LogP contribution in [-0.4, -0.2) is 48.6 Å². The van der Waals surface area contributed by atoms with Gasteiger partial charge in [0.05, 0.1) is 10.0 Å². The molecule has 0 amide bonds. The van der Waals surface area contributed by atoms with Gasteiger partial charge in [-0.15, -0.1) is 17.0 Å². The Balaban J connectivity index is 0.00000208. The van der Waals surface area contributed by atoms with Crippen LogP contribution in [0.3, 0.4) is 0 Å². The van der Waals surface area contributed by atoms with E-state index in [9.17, 15) is 0 Å². The summed E-state index contributed by atoms with van der Waals surface area (Å²) in [6.45, 7) is 3.70. The highest BCUT2D eigenvalue weighted by atomic mass is 79.9. The van der Waals surface area contributed by atoms with Gasteiger partial charge in [0.25, 0.3) is 0 Å². The molecule has 2 nitrogen and oxygen atoms in total. The first kappa shape index (κ1) is 20.5. The zero-order chi connectivity index (χ0) is 16.2. The van der Waals surface area contributed by atoms with E-state index in [1.54, 1.807) is 0 Å². The van der Waals surface area contributed by atoms with Crippen LogP contribution in [0.25, 0.3) is 0 Å². The Labute approximate surface area is 167 Å². The third kappa shape index (κ3) is 5.11. The zero-order valence-corrected chi connectivity index (χ0v) is 17.7. The summed E-state index contributed by atoms with van der Waals surface area (Å²) in [4.78, 5) is 5.34. The average molecular weight is 436 g/mol. The second kappa shape index (κ2) is 9.78. The van der Waals surface area contributed by atoms with E-state index in [1.165, 1.54) is 57.2 Å². The van der Waals surface area contributed by atoms with Gasteiger partial charge < -0.3 is 4.90 Å². The lowest BCUT2D eigenvalue weighted by molar-refractivity contribution is 0.0771. The molecule has 3 rings (SSSR count). The van der Waals surface area contributed by atoms with Gasteiger partial charge in [0.15, 0.2) is 0 Å². The van der Waals surface area contributed by atoms with E-state index < -0.39 is 0 Å². The molecule has 0 spiro atoms. The van der Waals surface area contributed by atoms with Crippen molar-refractivity contribution in [2.75, 3.05) is 26.7 Å². The van der Waals surface area contributed by atoms with Crippen LogP contribution < -0.4 is 0 Å². The first-order valence-electron chi connectivity index (χ1n) is 9.03. The van der Waals surface area contributed by atoms with E-state index in [0.29, 0.717) is 16.1 Å². The summed E-state index contributed by atoms with van der Waals surface area (Å²) in [6, 6.07) is 7.50. The fourth-order valence-corrected chi connectivity index (χ4v) is 4.59. The molecule has 0 bridgehead atoms. The molecule has 2 fully saturated rings. The monoisotopic (exact) mass is 434 g/mol. The normalized spacial score (nSPS) is 25.0. The van der Waals surface area contributed by atoms with Crippen molar-refractivity contribution in [1.82, 2.24) is 9.80 Å². The largest absolute Gasteiger partial charge is 0.302 e. The molecule has 1 saturated heterocycles. The summed E-state index contributed by atoms with van der Waals surface area (Å²) in [5, 5.41) is 1.31. The molecule has 1 aliphatic heterocycles. The van der Waals surface area contributed by atoms with Gasteiger partial charge in [-0.3, -0.25) is 4.90 Å². The summed E-state index contributed by atoms with van der Waals surface area (Å²) >= 11 is 12.1. The number of benzene rings is 1. The molecule has 0 aromatic heterocycles. The van der Waals surface area contributed by atoms with E-state index in [0.717, 1.165) is 19.0 Å². The SMILES string of the molecule is Br.CN(CCc1ccc(Cl)c(Cl)c1)C1CCCCC1N1CCCC1. The van der Waals surface area contributed by atoms with Crippen LogP contribution in [-0.2, 0) is 6.42 Å². The molecular formula is C19H29BrCl2N2. The van der Waals surface area contributed by atoms with Crippen LogP contribution in [0.2, 0.25) is 10.0 Å². The highest BCUT2D eigenvalue weighted by molar-refractivity contribution is 8.93. The van der Waals surface area contributed by atoms with Crippen molar-refractivity contribution in [3.63, 3.8) is 0 Å². The molecule has 136 valence electrons. The minimum Gasteiger partial charge on any atom is -0.302 e. The van der Waals surface area contributed by atoms with E-state index >= 15 is 0 Å². The molecule has 2 aliphatic rings. The van der Waals surface area contributed by atoms with Gasteiger partial charge in [-0.25, -0.2) is 0 Å². The summed E-state index contributed by atoms with van der Waals surface area (Å²) in [7, 11) is 2.30. The van der Waals surface area contributed by atoms with E-state index in [1.807, 2.05) is 12.1 Å². The zero-order valence-electron chi connectivity index (χ0n) is 14.5. The van der Waals surface area contributed by atoms with Gasteiger partial charge >= 0.3 is 0 Å². The number of rotatable bonds is 5. The fraction of sp³-hybridized carbons (Fsp3) is 0.684. The van der Waals surface area contributed by atoms with Crippen LogP contribution >= 0.6 is 40.2 Å². The second-order valence-corrected chi connectivity index (χ2v) is 7.96. The quantitative estimate of drug-likeness (QED) is 0.606. The standard InChI is InChI=1S/C19H28Cl2N2.BrH/c1-22(13-10-15-8-9-16(20)17(21)14-15)18-6-2-3-7-19(18)23-11-4-5-12-23;/h8-9,14,18-19H,2-7,10-13H2,1H3;1H. The van der Waals surface area contributed by atoms with Crippen molar-refractivity contribution in [2.45, 2.75) is 57.0 Å². The van der Waals surface area contributed by atoms with E-state index in [4.69, 9.17) is 23.2 Å². The highest BCUT2D eigenvalue weighted by Crippen LogP contribution is 2.29. The Morgan fingerprint density at radius 3 is 2.46 bits per heavy atom. The molecule has 1 heterocycles. The van der Waals surface area contributed by atoms with Gasteiger partial charge in [0.1, 0.15) is 0 Å². The maximum atomic E-state index is 6.13. The van der Waals surface area contributed by atoms with Crippen molar-refractivity contribution in [3.05, 3.63) is 33.8 Å². The van der Waals surface area contributed by atoms with Gasteiger partial charge in [-0.05, 0) is 69.9 Å². The Morgan fingerprint density at radius 2 is 1.75 bits per heavy atom. The molecule has 1 saturated carbocycles. The smallest absolute Gasteiger partial charge is 0.0595 e. The highest BCUT2D eigenvalue weighted by Gasteiger charge is 2.33. The molecular weight excluding hydrogens is 407 g/mol. The van der Waals surface area contributed by atoms with Crippen molar-refractivity contribution >= 4 is 40.2 Å². The number of nitrogens with zero attached hydrogens (tertiary/aromatic N) is 2. The molecule has 0 N–H and O–H groups in total. The third-order valence-corrected chi connectivity index (χ3v) is 6.35. The fourth-order valence-electron chi connectivity index (χ4n) is 4.27. The molecule has 24 heavy (non-hydrogen) atoms. The third-order valence-electron chi connectivity index (χ3n) is 5.61. The van der Waals surface area contributed by atoms with E-state index in [2.05, 4.69) is 22.9 Å². The van der Waals surface area contributed by atoms with Crippen LogP contribution in [0.15, 0.2) is 18.2 Å². The number of hydrogen-bond acceptors (Lipinski definition) is 2. The maximum absolute atomic E-state index is 6.13. The number of hydrogen-bond donors (Lipinski definition) is 0. The Kier molecular flexibility index (Phi) is 8.35. The summed E-state index contributed by atoms with van der Waals surface area (Å²) in [5.74, 6) is 0. The van der Waals surface area contributed by atoms with E-state index in [-0.39, 0.29) is 17.0 Å². The van der Waals surface area contributed by atoms with Crippen LogP contribution in [0.1, 0.15) is 44.1 Å². The van der Waals surface area contributed by atoms with Gasteiger partial charge in [0, 0.05) is 18.6 Å². The van der Waals surface area contributed by atoms with Crippen molar-refractivity contribution in [2.24, 2.45) is 0 Å². The number of halogens is 3. The minimum absolute atomic E-state index is 0. The minimum atomic E-state index is 0. The van der Waals surface area contributed by atoms with Crippen LogP contribution in [0.4, 0.5) is 0 Å². The first-order chi connectivity index (χ1) is 11.1. The molecule has 1 aliphatic carbocycles. The molecule has 1 aromatic carbocycles. The summed E-state index contributed by atoms with van der Waals surface area (Å²) < 4.78 is 0. The predicted molar refractivity (Wildman–Crippen MR) is 110 cm³/mol. The Hall–Kier alpha value is 0.200. The Morgan fingerprint density at radius 1 is 1.04 bits per heavy atom. The molecule has 0 radical (unpaired) electrons. The lowest BCUT2D eigenvalue weighted by atomic mass is 9.88. The van der Waals surface area contributed by atoms with Crippen molar-refractivity contribution < 1.29 is 0 Å². The maximum Gasteiger partial charge on any atom is 0.0595 e. The number of likely N-dealkylation sites (tertiary alicyclic amines) is 1. The second-order valence-electron chi connectivity index (χ2n) is 7.14.